The monoisotopic (exact) mass is 476 g/mol. The highest BCUT2D eigenvalue weighted by Gasteiger charge is 2.53. The number of amides is 1. The SMILES string of the molecule is CCN1C(=O)c2c(O)c(=O)c(C(=O)CCc3cccc(Cl)c3F)cn2CC12CC(COC)C2. The van der Waals surface area contributed by atoms with Crippen LogP contribution in [0.2, 0.25) is 5.02 Å². The molecule has 1 fully saturated rings. The van der Waals surface area contributed by atoms with E-state index in [1.54, 1.807) is 18.1 Å². The van der Waals surface area contributed by atoms with Crippen LogP contribution in [-0.4, -0.2) is 52.1 Å². The number of likely N-dealkylation sites (N-methyl/N-ethyl adjacent to an activating group) is 1. The fraction of sp³-hybridized carbons (Fsp3) is 0.458. The standard InChI is InChI=1S/C24H26ClFN2O5/c1-3-28-23(32)20-22(31)21(30)16(11-27(20)13-24(28)9-14(10-24)12-33-2)18(29)8-7-15-5-4-6-17(25)19(15)26/h4-6,11,14,31H,3,7-10,12-13H2,1-2H3. The minimum absolute atomic E-state index is 0.0389. The van der Waals surface area contributed by atoms with Crippen LogP contribution in [-0.2, 0) is 17.7 Å². The highest BCUT2D eigenvalue weighted by atomic mass is 35.5. The molecule has 1 aliphatic heterocycles. The molecule has 1 spiro atoms. The maximum atomic E-state index is 14.2. The third-order valence-corrected chi connectivity index (χ3v) is 7.04. The van der Waals surface area contributed by atoms with Crippen molar-refractivity contribution in [2.24, 2.45) is 5.92 Å². The maximum absolute atomic E-state index is 14.2. The molecule has 1 amide bonds. The van der Waals surface area contributed by atoms with Gasteiger partial charge in [0.25, 0.3) is 5.91 Å². The van der Waals surface area contributed by atoms with Gasteiger partial charge in [-0.25, -0.2) is 4.39 Å². The number of halogens is 2. The molecule has 176 valence electrons. The Morgan fingerprint density at radius 1 is 1.33 bits per heavy atom. The van der Waals surface area contributed by atoms with E-state index >= 15 is 0 Å². The number of methoxy groups -OCH3 is 1. The molecule has 33 heavy (non-hydrogen) atoms. The molecule has 9 heteroatoms. The van der Waals surface area contributed by atoms with E-state index in [-0.39, 0.29) is 34.7 Å². The molecule has 0 atom stereocenters. The first-order chi connectivity index (χ1) is 15.7. The van der Waals surface area contributed by atoms with Crippen LogP contribution in [0.25, 0.3) is 0 Å². The summed E-state index contributed by atoms with van der Waals surface area (Å²) >= 11 is 5.79. The summed E-state index contributed by atoms with van der Waals surface area (Å²) in [6.07, 6.45) is 2.76. The molecule has 2 heterocycles. The summed E-state index contributed by atoms with van der Waals surface area (Å²) in [6.45, 7) is 3.28. The van der Waals surface area contributed by atoms with Crippen LogP contribution < -0.4 is 5.43 Å². The fourth-order valence-electron chi connectivity index (χ4n) is 5.26. The number of hydrogen-bond donors (Lipinski definition) is 1. The molecule has 4 rings (SSSR count). The Morgan fingerprint density at radius 3 is 2.73 bits per heavy atom. The summed E-state index contributed by atoms with van der Waals surface area (Å²) < 4.78 is 20.9. The molecule has 2 aliphatic rings. The van der Waals surface area contributed by atoms with Gasteiger partial charge >= 0.3 is 0 Å². The normalized spacial score (nSPS) is 21.8. The quantitative estimate of drug-likeness (QED) is 0.618. The van der Waals surface area contributed by atoms with E-state index in [0.29, 0.717) is 25.6 Å². The Balaban J connectivity index is 1.63. The Hall–Kier alpha value is -2.71. The molecule has 0 unspecified atom stereocenters. The smallest absolute Gasteiger partial charge is 0.275 e. The van der Waals surface area contributed by atoms with Gasteiger partial charge in [-0.05, 0) is 43.7 Å². The lowest BCUT2D eigenvalue weighted by Gasteiger charge is -2.56. The first-order valence-corrected chi connectivity index (χ1v) is 11.3. The van der Waals surface area contributed by atoms with E-state index in [2.05, 4.69) is 0 Å². The average molecular weight is 477 g/mol. The Labute approximate surface area is 195 Å². The Morgan fingerprint density at radius 2 is 2.06 bits per heavy atom. The summed E-state index contributed by atoms with van der Waals surface area (Å²) in [5.74, 6) is -1.95. The van der Waals surface area contributed by atoms with Crippen molar-refractivity contribution in [1.82, 2.24) is 9.47 Å². The lowest BCUT2D eigenvalue weighted by Crippen LogP contribution is -2.65. The molecule has 0 radical (unpaired) electrons. The van der Waals surface area contributed by atoms with Gasteiger partial charge in [-0.3, -0.25) is 14.4 Å². The van der Waals surface area contributed by atoms with E-state index in [4.69, 9.17) is 16.3 Å². The largest absolute Gasteiger partial charge is 0.503 e. The van der Waals surface area contributed by atoms with Crippen molar-refractivity contribution in [3.63, 3.8) is 0 Å². The van der Waals surface area contributed by atoms with Crippen molar-refractivity contribution < 1.29 is 23.8 Å². The van der Waals surface area contributed by atoms with Crippen LogP contribution in [0, 0.1) is 11.7 Å². The van der Waals surface area contributed by atoms with Crippen LogP contribution in [0.15, 0.2) is 29.2 Å². The number of fused-ring (bicyclic) bond motifs is 1. The number of nitrogens with zero attached hydrogens (tertiary/aromatic N) is 2. The summed E-state index contributed by atoms with van der Waals surface area (Å²) in [4.78, 5) is 40.5. The molecular weight excluding hydrogens is 451 g/mol. The van der Waals surface area contributed by atoms with E-state index in [1.807, 2.05) is 6.92 Å². The van der Waals surface area contributed by atoms with Gasteiger partial charge in [0.1, 0.15) is 5.82 Å². The number of pyridine rings is 1. The van der Waals surface area contributed by atoms with Crippen molar-refractivity contribution in [3.8, 4) is 5.75 Å². The molecule has 1 aromatic heterocycles. The van der Waals surface area contributed by atoms with Gasteiger partial charge in [-0.15, -0.1) is 0 Å². The number of aromatic hydroxyl groups is 1. The van der Waals surface area contributed by atoms with E-state index in [1.165, 1.54) is 22.9 Å². The number of ketones is 1. The summed E-state index contributed by atoms with van der Waals surface area (Å²) in [5, 5.41) is 10.6. The van der Waals surface area contributed by atoms with E-state index in [9.17, 15) is 23.9 Å². The number of aromatic nitrogens is 1. The van der Waals surface area contributed by atoms with Crippen molar-refractivity contribution in [2.75, 3.05) is 20.3 Å². The second-order valence-electron chi connectivity index (χ2n) is 8.84. The minimum atomic E-state index is -0.885. The van der Waals surface area contributed by atoms with Gasteiger partial charge in [0.2, 0.25) is 5.43 Å². The van der Waals surface area contributed by atoms with Crippen molar-refractivity contribution in [3.05, 3.63) is 62.3 Å². The van der Waals surface area contributed by atoms with Gasteiger partial charge in [0.05, 0.1) is 16.1 Å². The number of Topliss-reactive ketones (excluding diaryl/α,β-unsaturated/α-hetero) is 1. The van der Waals surface area contributed by atoms with Gasteiger partial charge in [0, 0.05) is 39.4 Å². The van der Waals surface area contributed by atoms with E-state index < -0.39 is 34.2 Å². The first-order valence-electron chi connectivity index (χ1n) is 11.0. The zero-order valence-electron chi connectivity index (χ0n) is 18.6. The second kappa shape index (κ2) is 8.91. The van der Waals surface area contributed by atoms with Crippen LogP contribution in [0.4, 0.5) is 4.39 Å². The zero-order chi connectivity index (χ0) is 23.9. The molecule has 1 saturated carbocycles. The predicted octanol–water partition coefficient (Wildman–Crippen LogP) is 3.43. The Bertz CT molecular complexity index is 1170. The van der Waals surface area contributed by atoms with Crippen LogP contribution in [0.3, 0.4) is 0 Å². The second-order valence-corrected chi connectivity index (χ2v) is 9.24. The molecule has 0 saturated heterocycles. The lowest BCUT2D eigenvalue weighted by atomic mass is 9.66. The highest BCUT2D eigenvalue weighted by molar-refractivity contribution is 6.30. The number of hydrogen-bond acceptors (Lipinski definition) is 5. The van der Waals surface area contributed by atoms with Gasteiger partial charge in [-0.1, -0.05) is 23.7 Å². The molecule has 1 aromatic carbocycles. The molecule has 2 aromatic rings. The summed E-state index contributed by atoms with van der Waals surface area (Å²) in [6, 6.07) is 4.53. The fourth-order valence-corrected chi connectivity index (χ4v) is 5.46. The molecule has 1 N–H and O–H groups in total. The number of aryl methyl sites for hydroxylation is 1. The van der Waals surface area contributed by atoms with Crippen LogP contribution in [0.1, 0.15) is 52.6 Å². The van der Waals surface area contributed by atoms with Crippen molar-refractivity contribution in [2.45, 2.75) is 44.7 Å². The summed E-state index contributed by atoms with van der Waals surface area (Å²) in [7, 11) is 1.64. The summed E-state index contributed by atoms with van der Waals surface area (Å²) in [5.41, 5.74) is -1.36. The zero-order valence-corrected chi connectivity index (χ0v) is 19.3. The van der Waals surface area contributed by atoms with E-state index in [0.717, 1.165) is 12.8 Å². The van der Waals surface area contributed by atoms with Crippen LogP contribution >= 0.6 is 11.6 Å². The minimum Gasteiger partial charge on any atom is -0.503 e. The number of benzene rings is 1. The van der Waals surface area contributed by atoms with Crippen molar-refractivity contribution in [1.29, 1.82) is 0 Å². The lowest BCUT2D eigenvalue weighted by molar-refractivity contribution is -0.0533. The number of rotatable bonds is 7. The van der Waals surface area contributed by atoms with Crippen LogP contribution in [0.5, 0.6) is 5.75 Å². The highest BCUT2D eigenvalue weighted by Crippen LogP contribution is 2.47. The van der Waals surface area contributed by atoms with Crippen molar-refractivity contribution >= 4 is 23.3 Å². The van der Waals surface area contributed by atoms with Gasteiger partial charge < -0.3 is 19.3 Å². The number of ether oxygens (including phenoxy) is 1. The van der Waals surface area contributed by atoms with Gasteiger partial charge in [0.15, 0.2) is 17.2 Å². The Kier molecular flexibility index (Phi) is 6.33. The molecule has 1 aliphatic carbocycles. The number of carbonyl (C=O) groups is 2. The molecular formula is C24H26ClFN2O5. The van der Waals surface area contributed by atoms with Gasteiger partial charge in [-0.2, -0.15) is 0 Å². The third kappa shape index (κ3) is 3.95. The molecule has 0 bridgehead atoms. The topological polar surface area (TPSA) is 88.8 Å². The third-order valence-electron chi connectivity index (χ3n) is 6.75. The maximum Gasteiger partial charge on any atom is 0.275 e. The number of carbonyl (C=O) groups excluding carboxylic acids is 2. The molecule has 7 nitrogen and oxygen atoms in total. The predicted molar refractivity (Wildman–Crippen MR) is 120 cm³/mol. The first kappa shape index (κ1) is 23.4. The average Bonchev–Trinajstić information content (AvgIpc) is 2.76.